The van der Waals surface area contributed by atoms with Crippen LogP contribution in [-0.4, -0.2) is 38.3 Å². The second kappa shape index (κ2) is 9.38. The predicted octanol–water partition coefficient (Wildman–Crippen LogP) is 3.83. The Morgan fingerprint density at radius 1 is 1.38 bits per heavy atom. The van der Waals surface area contributed by atoms with Crippen molar-refractivity contribution in [1.82, 2.24) is 10.6 Å². The normalized spacial score (nSPS) is 21.9. The fourth-order valence-corrected chi connectivity index (χ4v) is 3.49. The highest BCUT2D eigenvalue weighted by Gasteiger charge is 2.44. The van der Waals surface area contributed by atoms with Crippen molar-refractivity contribution in [3.05, 3.63) is 34.3 Å². The highest BCUT2D eigenvalue weighted by Crippen LogP contribution is 2.48. The number of rotatable bonds is 6. The van der Waals surface area contributed by atoms with Gasteiger partial charge in [-0.3, -0.25) is 4.99 Å². The standard InChI is InChI=1S/C18H26BrN3O.HI/c1-2-20-17(21-12-16-7-4-10-23-16)22-13-18(8-9-18)14-5-3-6-15(19)11-14;/h3,5-6,11,16H,2,4,7-10,12-13H2,1H3,(H2,20,21,22);1H. The Hall–Kier alpha value is -0.340. The van der Waals surface area contributed by atoms with Gasteiger partial charge in [0, 0.05) is 29.6 Å². The van der Waals surface area contributed by atoms with Crippen LogP contribution in [0.25, 0.3) is 0 Å². The molecule has 134 valence electrons. The van der Waals surface area contributed by atoms with Crippen molar-refractivity contribution in [2.24, 2.45) is 4.99 Å². The maximum atomic E-state index is 5.67. The molecule has 2 fully saturated rings. The van der Waals surface area contributed by atoms with Gasteiger partial charge in [-0.2, -0.15) is 0 Å². The Balaban J connectivity index is 0.00000208. The first kappa shape index (κ1) is 20.0. The second-order valence-electron chi connectivity index (χ2n) is 6.50. The average Bonchev–Trinajstić information content (AvgIpc) is 3.17. The van der Waals surface area contributed by atoms with E-state index in [4.69, 9.17) is 9.73 Å². The van der Waals surface area contributed by atoms with E-state index in [0.29, 0.717) is 6.10 Å². The molecular weight excluding hydrogens is 481 g/mol. The largest absolute Gasteiger partial charge is 0.376 e. The van der Waals surface area contributed by atoms with Gasteiger partial charge in [0.25, 0.3) is 0 Å². The van der Waals surface area contributed by atoms with Crippen LogP contribution < -0.4 is 10.6 Å². The van der Waals surface area contributed by atoms with Crippen LogP contribution in [-0.2, 0) is 10.2 Å². The monoisotopic (exact) mass is 507 g/mol. The number of hydrogen-bond acceptors (Lipinski definition) is 2. The van der Waals surface area contributed by atoms with Gasteiger partial charge in [-0.15, -0.1) is 24.0 Å². The first-order valence-corrected chi connectivity index (χ1v) is 9.41. The zero-order valence-corrected chi connectivity index (χ0v) is 18.1. The number of halogens is 2. The first-order chi connectivity index (χ1) is 11.2. The SMILES string of the molecule is CCNC(=NCC1(c2cccc(Br)c2)CC1)NCC1CCCO1.I. The van der Waals surface area contributed by atoms with E-state index in [1.54, 1.807) is 0 Å². The van der Waals surface area contributed by atoms with Gasteiger partial charge in [0.15, 0.2) is 5.96 Å². The van der Waals surface area contributed by atoms with Crippen LogP contribution in [0.4, 0.5) is 0 Å². The number of nitrogens with one attached hydrogen (secondary N) is 2. The number of nitrogens with zero attached hydrogens (tertiary/aromatic N) is 1. The Morgan fingerprint density at radius 3 is 2.83 bits per heavy atom. The third kappa shape index (κ3) is 5.33. The molecule has 24 heavy (non-hydrogen) atoms. The predicted molar refractivity (Wildman–Crippen MR) is 113 cm³/mol. The molecular formula is C18H27BrIN3O. The lowest BCUT2D eigenvalue weighted by Crippen LogP contribution is -2.41. The molecule has 2 aliphatic rings. The minimum atomic E-state index is 0. The van der Waals surface area contributed by atoms with E-state index in [0.717, 1.165) is 43.1 Å². The Labute approximate surface area is 170 Å². The van der Waals surface area contributed by atoms with E-state index in [2.05, 4.69) is 57.8 Å². The summed E-state index contributed by atoms with van der Waals surface area (Å²) >= 11 is 3.58. The quantitative estimate of drug-likeness (QED) is 0.349. The smallest absolute Gasteiger partial charge is 0.191 e. The molecule has 0 bridgehead atoms. The average molecular weight is 508 g/mol. The van der Waals surface area contributed by atoms with Crippen LogP contribution >= 0.6 is 39.9 Å². The van der Waals surface area contributed by atoms with Gasteiger partial charge in [0.1, 0.15) is 0 Å². The molecule has 1 saturated heterocycles. The molecule has 1 aromatic rings. The Kier molecular flexibility index (Phi) is 7.81. The van der Waals surface area contributed by atoms with Crippen LogP contribution in [0.2, 0.25) is 0 Å². The van der Waals surface area contributed by atoms with Crippen molar-refractivity contribution in [2.75, 3.05) is 26.2 Å². The van der Waals surface area contributed by atoms with Crippen LogP contribution in [0, 0.1) is 0 Å². The van der Waals surface area contributed by atoms with Gasteiger partial charge in [0.2, 0.25) is 0 Å². The summed E-state index contributed by atoms with van der Waals surface area (Å²) in [7, 11) is 0. The molecule has 0 aromatic heterocycles. The van der Waals surface area contributed by atoms with Gasteiger partial charge in [0.05, 0.1) is 12.6 Å². The fraction of sp³-hybridized carbons (Fsp3) is 0.611. The summed E-state index contributed by atoms with van der Waals surface area (Å²) in [5.41, 5.74) is 1.63. The van der Waals surface area contributed by atoms with Gasteiger partial charge in [-0.25, -0.2) is 0 Å². The fourth-order valence-electron chi connectivity index (χ4n) is 3.10. The van der Waals surface area contributed by atoms with Crippen LogP contribution in [0.5, 0.6) is 0 Å². The van der Waals surface area contributed by atoms with E-state index in [1.807, 2.05) is 0 Å². The zero-order valence-electron chi connectivity index (χ0n) is 14.2. The van der Waals surface area contributed by atoms with Crippen LogP contribution in [0.15, 0.2) is 33.7 Å². The molecule has 2 N–H and O–H groups in total. The summed E-state index contributed by atoms with van der Waals surface area (Å²) in [5.74, 6) is 0.907. The third-order valence-electron chi connectivity index (χ3n) is 4.70. The van der Waals surface area contributed by atoms with E-state index in [1.165, 1.54) is 24.8 Å². The van der Waals surface area contributed by atoms with Crippen molar-refractivity contribution in [3.63, 3.8) is 0 Å². The molecule has 4 nitrogen and oxygen atoms in total. The van der Waals surface area contributed by atoms with Crippen molar-refractivity contribution < 1.29 is 4.74 Å². The molecule has 1 aliphatic carbocycles. The lowest BCUT2D eigenvalue weighted by atomic mass is 9.96. The Bertz CT molecular complexity index is 557. The maximum absolute atomic E-state index is 5.67. The lowest BCUT2D eigenvalue weighted by Gasteiger charge is -2.17. The van der Waals surface area contributed by atoms with Crippen molar-refractivity contribution in [3.8, 4) is 0 Å². The number of hydrogen-bond donors (Lipinski definition) is 2. The molecule has 1 heterocycles. The molecule has 3 rings (SSSR count). The minimum absolute atomic E-state index is 0. The molecule has 0 amide bonds. The second-order valence-corrected chi connectivity index (χ2v) is 7.42. The first-order valence-electron chi connectivity index (χ1n) is 8.62. The number of benzene rings is 1. The molecule has 0 spiro atoms. The minimum Gasteiger partial charge on any atom is -0.376 e. The van der Waals surface area contributed by atoms with Crippen molar-refractivity contribution in [2.45, 2.75) is 44.1 Å². The number of ether oxygens (including phenoxy) is 1. The zero-order chi connectivity index (χ0) is 16.1. The maximum Gasteiger partial charge on any atom is 0.191 e. The van der Waals surface area contributed by atoms with E-state index >= 15 is 0 Å². The van der Waals surface area contributed by atoms with E-state index in [-0.39, 0.29) is 29.4 Å². The van der Waals surface area contributed by atoms with Crippen molar-refractivity contribution in [1.29, 1.82) is 0 Å². The number of guanidine groups is 1. The summed E-state index contributed by atoms with van der Waals surface area (Å²) in [6.07, 6.45) is 5.09. The van der Waals surface area contributed by atoms with Gasteiger partial charge in [-0.1, -0.05) is 28.1 Å². The van der Waals surface area contributed by atoms with Gasteiger partial charge < -0.3 is 15.4 Å². The van der Waals surface area contributed by atoms with Gasteiger partial charge in [-0.05, 0) is 50.3 Å². The van der Waals surface area contributed by atoms with Crippen LogP contribution in [0.3, 0.4) is 0 Å². The highest BCUT2D eigenvalue weighted by atomic mass is 127. The molecule has 6 heteroatoms. The topological polar surface area (TPSA) is 45.7 Å². The summed E-state index contributed by atoms with van der Waals surface area (Å²) in [5, 5.41) is 6.77. The number of aliphatic imine (C=N–C) groups is 1. The molecule has 1 aromatic carbocycles. The molecule has 1 saturated carbocycles. The molecule has 1 unspecified atom stereocenters. The van der Waals surface area contributed by atoms with E-state index in [9.17, 15) is 0 Å². The summed E-state index contributed by atoms with van der Waals surface area (Å²) in [6.45, 7) is 5.55. The summed E-state index contributed by atoms with van der Waals surface area (Å²) in [6, 6.07) is 8.65. The lowest BCUT2D eigenvalue weighted by molar-refractivity contribution is 0.114. The molecule has 1 atom stereocenters. The molecule has 0 radical (unpaired) electrons. The van der Waals surface area contributed by atoms with Crippen molar-refractivity contribution >= 4 is 45.9 Å². The van der Waals surface area contributed by atoms with Gasteiger partial charge >= 0.3 is 0 Å². The van der Waals surface area contributed by atoms with E-state index < -0.39 is 0 Å². The molecule has 1 aliphatic heterocycles. The third-order valence-corrected chi connectivity index (χ3v) is 5.19. The highest BCUT2D eigenvalue weighted by molar-refractivity contribution is 14.0. The summed E-state index contributed by atoms with van der Waals surface area (Å²) < 4.78 is 6.82. The Morgan fingerprint density at radius 2 is 2.21 bits per heavy atom. The summed E-state index contributed by atoms with van der Waals surface area (Å²) in [4.78, 5) is 4.84. The van der Waals surface area contributed by atoms with Crippen LogP contribution in [0.1, 0.15) is 38.2 Å².